The van der Waals surface area contributed by atoms with Crippen LogP contribution in [0.5, 0.6) is 5.75 Å². The van der Waals surface area contributed by atoms with Crippen LogP contribution in [0.15, 0.2) is 65.6 Å². The van der Waals surface area contributed by atoms with Crippen molar-refractivity contribution >= 4 is 27.3 Å². The van der Waals surface area contributed by atoms with Crippen molar-refractivity contribution in [3.05, 3.63) is 98.3 Å². The normalized spacial score (nSPS) is 13.4. The first-order valence-electron chi connectivity index (χ1n) is 9.75. The number of sulfonamides is 1. The van der Waals surface area contributed by atoms with Crippen LogP contribution in [-0.4, -0.2) is 24.4 Å². The first kappa shape index (κ1) is 23.1. The lowest BCUT2D eigenvalue weighted by atomic mass is 10.1. The van der Waals surface area contributed by atoms with E-state index >= 15 is 0 Å². The van der Waals surface area contributed by atoms with Crippen molar-refractivity contribution < 1.29 is 27.2 Å². The molecule has 0 saturated carbocycles. The third-order valence-corrected chi connectivity index (χ3v) is 7.26. The molecule has 1 aliphatic rings. The van der Waals surface area contributed by atoms with Gasteiger partial charge in [0, 0.05) is 41.4 Å². The summed E-state index contributed by atoms with van der Waals surface area (Å²) in [5, 5.41) is 11.8. The van der Waals surface area contributed by atoms with Gasteiger partial charge in [-0.05, 0) is 35.9 Å². The van der Waals surface area contributed by atoms with Gasteiger partial charge in [-0.25, -0.2) is 12.8 Å². The maximum atomic E-state index is 13.5. The van der Waals surface area contributed by atoms with Gasteiger partial charge in [-0.3, -0.25) is 10.1 Å². The molecule has 8 nitrogen and oxygen atoms in total. The summed E-state index contributed by atoms with van der Waals surface area (Å²) in [5.41, 5.74) is 1.07. The molecule has 1 heterocycles. The summed E-state index contributed by atoms with van der Waals surface area (Å²) >= 11 is 6.27. The number of hydrogen-bond donors (Lipinski definition) is 0. The second-order valence-electron chi connectivity index (χ2n) is 7.28. The first-order valence-corrected chi connectivity index (χ1v) is 11.6. The van der Waals surface area contributed by atoms with E-state index in [1.165, 1.54) is 12.1 Å². The number of hydrogen-bond acceptors (Lipinski definition) is 6. The predicted molar refractivity (Wildman–Crippen MR) is 118 cm³/mol. The molecule has 0 amide bonds. The number of fused-ring (bicyclic) bond motifs is 1. The van der Waals surface area contributed by atoms with Gasteiger partial charge in [-0.1, -0.05) is 29.8 Å². The Bertz CT molecular complexity index is 1300. The molecule has 0 spiro atoms. The van der Waals surface area contributed by atoms with Crippen molar-refractivity contribution in [3.63, 3.8) is 0 Å². The summed E-state index contributed by atoms with van der Waals surface area (Å²) in [6.07, 6.45) is 0. The second kappa shape index (κ2) is 9.44. The van der Waals surface area contributed by atoms with Crippen molar-refractivity contribution in [1.82, 2.24) is 4.31 Å². The number of non-ortho nitro benzene ring substituents is 1. The van der Waals surface area contributed by atoms with Crippen LogP contribution in [0.1, 0.15) is 16.7 Å². The van der Waals surface area contributed by atoms with E-state index in [2.05, 4.69) is 0 Å². The highest BCUT2D eigenvalue weighted by Crippen LogP contribution is 2.35. The van der Waals surface area contributed by atoms with Crippen LogP contribution in [0, 0.1) is 15.9 Å². The zero-order valence-corrected chi connectivity index (χ0v) is 18.7. The smallest absolute Gasteiger partial charge is 0.270 e. The topological polar surface area (TPSA) is 99.0 Å². The Morgan fingerprint density at radius 3 is 2.45 bits per heavy atom. The molecule has 0 atom stereocenters. The number of halogens is 2. The van der Waals surface area contributed by atoms with Crippen molar-refractivity contribution in [2.75, 3.05) is 6.79 Å². The van der Waals surface area contributed by atoms with Gasteiger partial charge in [-0.2, -0.15) is 4.31 Å². The molecule has 0 fully saturated rings. The number of rotatable bonds is 7. The molecule has 0 saturated heterocycles. The molecule has 172 valence electrons. The van der Waals surface area contributed by atoms with Crippen LogP contribution < -0.4 is 4.74 Å². The molecule has 1 aliphatic heterocycles. The standard InChI is InChI=1S/C22H18ClFN2O6S/c23-21-4-2-1-3-15(21)11-25(33(29,30)20-7-5-18(24)6-8-20)12-16-9-19(26(27)28)10-17-13-31-14-32-22(16)17/h1-10H,11-14H2. The molecule has 0 aliphatic carbocycles. The van der Waals surface area contributed by atoms with Crippen LogP contribution in [0.4, 0.5) is 10.1 Å². The van der Waals surface area contributed by atoms with Crippen molar-refractivity contribution in [2.24, 2.45) is 0 Å². The second-order valence-corrected chi connectivity index (χ2v) is 9.62. The average Bonchev–Trinajstić information content (AvgIpc) is 2.80. The minimum atomic E-state index is -4.14. The van der Waals surface area contributed by atoms with Crippen molar-refractivity contribution in [3.8, 4) is 5.75 Å². The molecule has 11 heteroatoms. The van der Waals surface area contributed by atoms with Gasteiger partial charge < -0.3 is 9.47 Å². The number of nitro benzene ring substituents is 1. The van der Waals surface area contributed by atoms with E-state index in [9.17, 15) is 22.9 Å². The first-order chi connectivity index (χ1) is 15.8. The lowest BCUT2D eigenvalue weighted by Gasteiger charge is -2.26. The summed E-state index contributed by atoms with van der Waals surface area (Å²) in [7, 11) is -4.14. The molecular weight excluding hydrogens is 475 g/mol. The Labute approximate surface area is 194 Å². The van der Waals surface area contributed by atoms with Crippen LogP contribution in [0.25, 0.3) is 0 Å². The van der Waals surface area contributed by atoms with E-state index in [4.69, 9.17) is 21.1 Å². The molecule has 3 aromatic rings. The predicted octanol–water partition coefficient (Wildman–Crippen LogP) is 4.64. The maximum Gasteiger partial charge on any atom is 0.270 e. The molecule has 0 N–H and O–H groups in total. The molecule has 4 rings (SSSR count). The Kier molecular flexibility index (Phi) is 6.61. The number of benzene rings is 3. The third-order valence-electron chi connectivity index (χ3n) is 5.09. The van der Waals surface area contributed by atoms with Crippen LogP contribution in [0.2, 0.25) is 5.02 Å². The molecule has 3 aromatic carbocycles. The number of nitrogens with zero attached hydrogens (tertiary/aromatic N) is 2. The number of ether oxygens (including phenoxy) is 2. The van der Waals surface area contributed by atoms with Gasteiger partial charge in [0.15, 0.2) is 6.79 Å². The molecule has 0 unspecified atom stereocenters. The van der Waals surface area contributed by atoms with Crippen LogP contribution in [0.3, 0.4) is 0 Å². The summed E-state index contributed by atoms with van der Waals surface area (Å²) in [5.74, 6) is -0.238. The Hall–Kier alpha value is -3.05. The summed E-state index contributed by atoms with van der Waals surface area (Å²) < 4.78 is 52.3. The van der Waals surface area contributed by atoms with Crippen LogP contribution >= 0.6 is 11.6 Å². The maximum absolute atomic E-state index is 13.5. The highest BCUT2D eigenvalue weighted by atomic mass is 35.5. The highest BCUT2D eigenvalue weighted by molar-refractivity contribution is 7.89. The van der Waals surface area contributed by atoms with Gasteiger partial charge in [-0.15, -0.1) is 0 Å². The minimum Gasteiger partial charge on any atom is -0.467 e. The molecule has 33 heavy (non-hydrogen) atoms. The molecule has 0 radical (unpaired) electrons. The van der Waals surface area contributed by atoms with E-state index in [0.717, 1.165) is 28.6 Å². The average molecular weight is 493 g/mol. The molecule has 0 aromatic heterocycles. The largest absolute Gasteiger partial charge is 0.467 e. The van der Waals surface area contributed by atoms with Crippen LogP contribution in [-0.2, 0) is 34.5 Å². The Balaban J connectivity index is 1.80. The fourth-order valence-electron chi connectivity index (χ4n) is 3.49. The van der Waals surface area contributed by atoms with Crippen molar-refractivity contribution in [1.29, 1.82) is 0 Å². The van der Waals surface area contributed by atoms with Gasteiger partial charge >= 0.3 is 0 Å². The molecule has 0 bridgehead atoms. The fourth-order valence-corrected chi connectivity index (χ4v) is 5.08. The van der Waals surface area contributed by atoms with Gasteiger partial charge in [0.05, 0.1) is 16.4 Å². The highest BCUT2D eigenvalue weighted by Gasteiger charge is 2.29. The summed E-state index contributed by atoms with van der Waals surface area (Å²) in [4.78, 5) is 10.8. The Morgan fingerprint density at radius 1 is 1.06 bits per heavy atom. The lowest BCUT2D eigenvalue weighted by Crippen LogP contribution is -2.31. The van der Waals surface area contributed by atoms with Crippen molar-refractivity contribution in [2.45, 2.75) is 24.6 Å². The minimum absolute atomic E-state index is 0.0625. The quantitative estimate of drug-likeness (QED) is 0.352. The van der Waals surface area contributed by atoms with E-state index in [1.807, 2.05) is 0 Å². The van der Waals surface area contributed by atoms with Gasteiger partial charge in [0.25, 0.3) is 5.69 Å². The summed E-state index contributed by atoms with van der Waals surface area (Å²) in [6.45, 7) is -0.325. The van der Waals surface area contributed by atoms with E-state index < -0.39 is 20.8 Å². The zero-order valence-electron chi connectivity index (χ0n) is 17.1. The Morgan fingerprint density at radius 2 is 1.76 bits per heavy atom. The van der Waals surface area contributed by atoms with E-state index in [0.29, 0.717) is 27.5 Å². The molecular formula is C22H18ClFN2O6S. The van der Waals surface area contributed by atoms with Gasteiger partial charge in [0.2, 0.25) is 10.0 Å². The lowest BCUT2D eigenvalue weighted by molar-refractivity contribution is -0.385. The number of nitro groups is 1. The SMILES string of the molecule is O=[N+]([O-])c1cc2c(c(CN(Cc3ccccc3Cl)S(=O)(=O)c3ccc(F)cc3)c1)OCOC2. The van der Waals surface area contributed by atoms with E-state index in [-0.39, 0.29) is 37.1 Å². The van der Waals surface area contributed by atoms with Gasteiger partial charge in [0.1, 0.15) is 11.6 Å². The third kappa shape index (κ3) is 4.98. The summed E-state index contributed by atoms with van der Waals surface area (Å²) in [6, 6.07) is 13.8. The fraction of sp³-hybridized carbons (Fsp3) is 0.182. The van der Waals surface area contributed by atoms with E-state index in [1.54, 1.807) is 24.3 Å². The monoisotopic (exact) mass is 492 g/mol. The zero-order chi connectivity index (χ0) is 23.6.